The first-order chi connectivity index (χ1) is 15.3. The number of rotatable bonds is 9. The van der Waals surface area contributed by atoms with E-state index >= 15 is 0 Å². The van der Waals surface area contributed by atoms with Gasteiger partial charge in [0, 0.05) is 23.7 Å². The largest absolute Gasteiger partial charge is 0.495 e. The molecule has 1 aromatic heterocycles. The lowest BCUT2D eigenvalue weighted by Gasteiger charge is -2.20. The van der Waals surface area contributed by atoms with Crippen molar-refractivity contribution in [2.75, 3.05) is 20.2 Å². The molecule has 0 radical (unpaired) electrons. The van der Waals surface area contributed by atoms with E-state index in [1.54, 1.807) is 38.1 Å². The van der Waals surface area contributed by atoms with Gasteiger partial charge in [-0.3, -0.25) is 0 Å². The molecule has 9 nitrogen and oxygen atoms in total. The summed E-state index contributed by atoms with van der Waals surface area (Å²) in [5.74, 6) is -0.259. The molecule has 0 aliphatic heterocycles. The number of sulfonamides is 1. The van der Waals surface area contributed by atoms with E-state index in [2.05, 4.69) is 10.2 Å². The highest BCUT2D eigenvalue weighted by atomic mass is 35.5. The van der Waals surface area contributed by atoms with Gasteiger partial charge in [-0.2, -0.15) is 4.31 Å². The number of carbonyl (C=O) groups is 1. The lowest BCUT2D eigenvalue weighted by atomic mass is 10.2. The Bertz CT molecular complexity index is 1190. The van der Waals surface area contributed by atoms with Crippen LogP contribution in [0.25, 0.3) is 11.5 Å². The van der Waals surface area contributed by atoms with Gasteiger partial charge in [-0.05, 0) is 42.5 Å². The standard InChI is InChI=1S/C21H22ClN3O6S/c1-4-25(5-2)32(27,28)18-12-15(8-11-17(18)29-3)21(26)30-13-19-23-24-20(31-19)14-6-9-16(22)10-7-14/h6-12H,4-5,13H2,1-3H3. The van der Waals surface area contributed by atoms with E-state index in [4.69, 9.17) is 25.5 Å². The van der Waals surface area contributed by atoms with Crippen LogP contribution in [0, 0.1) is 0 Å². The van der Waals surface area contributed by atoms with E-state index in [9.17, 15) is 13.2 Å². The van der Waals surface area contributed by atoms with Crippen LogP contribution in [0.4, 0.5) is 0 Å². The summed E-state index contributed by atoms with van der Waals surface area (Å²) in [5, 5.41) is 8.36. The van der Waals surface area contributed by atoms with Crippen molar-refractivity contribution in [1.82, 2.24) is 14.5 Å². The predicted octanol–water partition coefficient (Wildman–Crippen LogP) is 3.79. The van der Waals surface area contributed by atoms with Crippen molar-refractivity contribution in [3.8, 4) is 17.2 Å². The molecule has 3 rings (SSSR count). The Kier molecular flexibility index (Phi) is 7.49. The minimum atomic E-state index is -3.85. The number of aromatic nitrogens is 2. The summed E-state index contributed by atoms with van der Waals surface area (Å²) < 4.78 is 43.1. The van der Waals surface area contributed by atoms with E-state index < -0.39 is 16.0 Å². The average Bonchev–Trinajstić information content (AvgIpc) is 3.27. The van der Waals surface area contributed by atoms with E-state index in [1.165, 1.54) is 29.6 Å². The van der Waals surface area contributed by atoms with Crippen LogP contribution in [0.1, 0.15) is 30.1 Å². The maximum atomic E-state index is 12.9. The zero-order valence-corrected chi connectivity index (χ0v) is 19.3. The lowest BCUT2D eigenvalue weighted by Crippen LogP contribution is -2.31. The molecule has 2 aromatic carbocycles. The number of nitrogens with zero attached hydrogens (tertiary/aromatic N) is 3. The summed E-state index contributed by atoms with van der Waals surface area (Å²) in [6, 6.07) is 10.9. The molecule has 3 aromatic rings. The smallest absolute Gasteiger partial charge is 0.338 e. The maximum Gasteiger partial charge on any atom is 0.338 e. The van der Waals surface area contributed by atoms with Gasteiger partial charge in [0.15, 0.2) is 6.61 Å². The molecule has 170 valence electrons. The number of esters is 1. The number of benzene rings is 2. The van der Waals surface area contributed by atoms with E-state index in [1.807, 2.05) is 0 Å². The molecule has 1 heterocycles. The summed E-state index contributed by atoms with van der Waals surface area (Å²) in [4.78, 5) is 12.4. The molecule has 0 bridgehead atoms. The third kappa shape index (κ3) is 5.09. The molecule has 0 N–H and O–H groups in total. The van der Waals surface area contributed by atoms with Gasteiger partial charge in [-0.25, -0.2) is 13.2 Å². The zero-order chi connectivity index (χ0) is 23.3. The zero-order valence-electron chi connectivity index (χ0n) is 17.7. The highest BCUT2D eigenvalue weighted by Gasteiger charge is 2.27. The quantitative estimate of drug-likeness (QED) is 0.426. The van der Waals surface area contributed by atoms with Crippen LogP contribution < -0.4 is 4.74 Å². The van der Waals surface area contributed by atoms with Crippen LogP contribution in [-0.4, -0.2) is 49.1 Å². The molecule has 11 heteroatoms. The van der Waals surface area contributed by atoms with Gasteiger partial charge < -0.3 is 13.9 Å². The number of hydrogen-bond donors (Lipinski definition) is 0. The summed E-state index contributed by atoms with van der Waals surface area (Å²) in [7, 11) is -2.48. The second kappa shape index (κ2) is 10.1. The Hall–Kier alpha value is -2.95. The van der Waals surface area contributed by atoms with E-state index in [0.29, 0.717) is 10.6 Å². The highest BCUT2D eigenvalue weighted by Crippen LogP contribution is 2.28. The second-order valence-corrected chi connectivity index (χ2v) is 8.88. The molecule has 32 heavy (non-hydrogen) atoms. The molecule has 0 aliphatic carbocycles. The summed E-state index contributed by atoms with van der Waals surface area (Å²) in [6.45, 7) is 3.75. The van der Waals surface area contributed by atoms with E-state index in [-0.39, 0.29) is 47.7 Å². The van der Waals surface area contributed by atoms with Crippen LogP contribution in [0.15, 0.2) is 51.8 Å². The Morgan fingerprint density at radius 1 is 1.09 bits per heavy atom. The number of methoxy groups -OCH3 is 1. The van der Waals surface area contributed by atoms with Crippen LogP contribution in [0.2, 0.25) is 5.02 Å². The Balaban J connectivity index is 1.76. The van der Waals surface area contributed by atoms with Crippen molar-refractivity contribution in [2.45, 2.75) is 25.3 Å². The maximum absolute atomic E-state index is 12.9. The van der Waals surface area contributed by atoms with Crippen LogP contribution in [0.5, 0.6) is 5.75 Å². The minimum Gasteiger partial charge on any atom is -0.495 e. The highest BCUT2D eigenvalue weighted by molar-refractivity contribution is 7.89. The third-order valence-electron chi connectivity index (χ3n) is 4.61. The Morgan fingerprint density at radius 2 is 1.78 bits per heavy atom. The van der Waals surface area contributed by atoms with Gasteiger partial charge in [-0.1, -0.05) is 25.4 Å². The third-order valence-corrected chi connectivity index (χ3v) is 6.93. The van der Waals surface area contributed by atoms with Crippen molar-refractivity contribution in [1.29, 1.82) is 0 Å². The Labute approximate surface area is 191 Å². The SMILES string of the molecule is CCN(CC)S(=O)(=O)c1cc(C(=O)OCc2nnc(-c3ccc(Cl)cc3)o2)ccc1OC. The van der Waals surface area contributed by atoms with Gasteiger partial charge in [0.1, 0.15) is 10.6 Å². The topological polar surface area (TPSA) is 112 Å². The van der Waals surface area contributed by atoms with Crippen LogP contribution in [-0.2, 0) is 21.4 Å². The van der Waals surface area contributed by atoms with Crippen molar-refractivity contribution < 1.29 is 27.1 Å². The number of ether oxygens (including phenoxy) is 2. The normalized spacial score (nSPS) is 11.5. The molecule has 0 unspecified atom stereocenters. The van der Waals surface area contributed by atoms with E-state index in [0.717, 1.165) is 0 Å². The molecular weight excluding hydrogens is 458 g/mol. The fourth-order valence-corrected chi connectivity index (χ4v) is 4.71. The fraction of sp³-hybridized carbons (Fsp3) is 0.286. The predicted molar refractivity (Wildman–Crippen MR) is 117 cm³/mol. The Morgan fingerprint density at radius 3 is 2.41 bits per heavy atom. The van der Waals surface area contributed by atoms with Gasteiger partial charge in [0.25, 0.3) is 5.89 Å². The van der Waals surface area contributed by atoms with Gasteiger partial charge in [-0.15, -0.1) is 10.2 Å². The molecule has 0 atom stereocenters. The average molecular weight is 480 g/mol. The monoisotopic (exact) mass is 479 g/mol. The first-order valence-corrected chi connectivity index (χ1v) is 11.6. The van der Waals surface area contributed by atoms with Gasteiger partial charge >= 0.3 is 5.97 Å². The minimum absolute atomic E-state index is 0.0500. The first-order valence-electron chi connectivity index (χ1n) is 9.73. The number of halogens is 1. The molecule has 0 fully saturated rings. The molecular formula is C21H22ClN3O6S. The van der Waals surface area contributed by atoms with Crippen LogP contribution in [0.3, 0.4) is 0 Å². The first kappa shape index (κ1) is 23.7. The summed E-state index contributed by atoms with van der Waals surface area (Å²) in [6.07, 6.45) is 0. The van der Waals surface area contributed by atoms with Crippen molar-refractivity contribution in [3.63, 3.8) is 0 Å². The van der Waals surface area contributed by atoms with Crippen molar-refractivity contribution >= 4 is 27.6 Å². The van der Waals surface area contributed by atoms with Crippen molar-refractivity contribution in [3.05, 3.63) is 58.9 Å². The molecule has 0 amide bonds. The molecule has 0 aliphatic rings. The number of carbonyl (C=O) groups excluding carboxylic acids is 1. The fourth-order valence-electron chi connectivity index (χ4n) is 2.94. The van der Waals surface area contributed by atoms with Crippen LogP contribution >= 0.6 is 11.6 Å². The van der Waals surface area contributed by atoms with Gasteiger partial charge in [0.05, 0.1) is 12.7 Å². The molecule has 0 saturated heterocycles. The summed E-state index contributed by atoms with van der Waals surface area (Å²) >= 11 is 5.87. The second-order valence-electron chi connectivity index (χ2n) is 6.54. The molecule has 0 saturated carbocycles. The van der Waals surface area contributed by atoms with Crippen molar-refractivity contribution in [2.24, 2.45) is 0 Å². The number of hydrogen-bond acceptors (Lipinski definition) is 8. The molecule has 0 spiro atoms. The summed E-state index contributed by atoms with van der Waals surface area (Å²) in [5.41, 5.74) is 0.717. The van der Waals surface area contributed by atoms with Gasteiger partial charge in [0.2, 0.25) is 15.9 Å². The lowest BCUT2D eigenvalue weighted by molar-refractivity contribution is 0.0438.